The summed E-state index contributed by atoms with van der Waals surface area (Å²) in [5, 5.41) is 18.5. The molecule has 0 aromatic heterocycles. The Morgan fingerprint density at radius 3 is 2.50 bits per heavy atom. The van der Waals surface area contributed by atoms with Crippen molar-refractivity contribution < 1.29 is 19.4 Å². The highest BCUT2D eigenvalue weighted by Gasteiger charge is 2.15. The molecule has 1 aromatic carbocycles. The van der Waals surface area contributed by atoms with E-state index < -0.39 is 12.1 Å². The molecule has 0 aliphatic rings. The van der Waals surface area contributed by atoms with Crippen molar-refractivity contribution in [2.24, 2.45) is 5.73 Å². The second-order valence-electron chi connectivity index (χ2n) is 3.18. The lowest BCUT2D eigenvalue weighted by Crippen LogP contribution is -2.31. The van der Waals surface area contributed by atoms with Crippen LogP contribution in [0.1, 0.15) is 11.7 Å². The molecular formula is C10H15NO4S. The minimum Gasteiger partial charge on any atom is -0.395 e. The van der Waals surface area contributed by atoms with Crippen molar-refractivity contribution in [1.82, 2.24) is 0 Å². The van der Waals surface area contributed by atoms with Crippen LogP contribution in [-0.4, -0.2) is 30.0 Å². The van der Waals surface area contributed by atoms with Gasteiger partial charge in [-0.15, -0.1) is 0 Å². The summed E-state index contributed by atoms with van der Waals surface area (Å²) >= 11 is 1.07. The first-order valence-electron chi connectivity index (χ1n) is 4.71. The average molecular weight is 245 g/mol. The van der Waals surface area contributed by atoms with Gasteiger partial charge in [0.05, 0.1) is 37.9 Å². The van der Waals surface area contributed by atoms with Crippen molar-refractivity contribution in [2.75, 3.05) is 13.7 Å². The maximum absolute atomic E-state index is 9.71. The van der Waals surface area contributed by atoms with Gasteiger partial charge in [0.25, 0.3) is 0 Å². The van der Waals surface area contributed by atoms with Gasteiger partial charge in [-0.2, -0.15) is 4.33 Å². The highest BCUT2D eigenvalue weighted by Crippen LogP contribution is 2.22. The summed E-state index contributed by atoms with van der Waals surface area (Å²) in [4.78, 5) is 5.28. The Morgan fingerprint density at radius 1 is 1.38 bits per heavy atom. The summed E-state index contributed by atoms with van der Waals surface area (Å²) in [7, 11) is 1.42. The van der Waals surface area contributed by atoms with Crippen LogP contribution in [0.2, 0.25) is 0 Å². The number of aliphatic hydroxyl groups is 2. The molecule has 0 aliphatic carbocycles. The largest absolute Gasteiger partial charge is 0.395 e. The van der Waals surface area contributed by atoms with E-state index in [1.165, 1.54) is 7.11 Å². The Balaban J connectivity index is 2.63. The van der Waals surface area contributed by atoms with E-state index in [1.807, 2.05) is 0 Å². The maximum atomic E-state index is 9.71. The fourth-order valence-corrected chi connectivity index (χ4v) is 1.53. The minimum absolute atomic E-state index is 0.259. The summed E-state index contributed by atoms with van der Waals surface area (Å²) in [5.41, 5.74) is 6.17. The number of hydrogen-bond donors (Lipinski definition) is 3. The van der Waals surface area contributed by atoms with E-state index in [9.17, 15) is 5.11 Å². The molecule has 0 saturated heterocycles. The lowest BCUT2D eigenvalue weighted by Gasteiger charge is -2.16. The van der Waals surface area contributed by atoms with Crippen LogP contribution in [0.4, 0.5) is 0 Å². The zero-order valence-corrected chi connectivity index (χ0v) is 9.68. The normalized spacial score (nSPS) is 14.8. The molecular weight excluding hydrogens is 230 g/mol. The van der Waals surface area contributed by atoms with Gasteiger partial charge in [0.2, 0.25) is 0 Å². The van der Waals surface area contributed by atoms with E-state index in [0.717, 1.165) is 16.9 Å². The van der Waals surface area contributed by atoms with E-state index in [1.54, 1.807) is 24.3 Å². The summed E-state index contributed by atoms with van der Waals surface area (Å²) in [5.74, 6) is 0. The van der Waals surface area contributed by atoms with Crippen LogP contribution in [0.5, 0.6) is 0 Å². The summed E-state index contributed by atoms with van der Waals surface area (Å²) in [6.07, 6.45) is -0.868. The lowest BCUT2D eigenvalue weighted by molar-refractivity contribution is -0.160. The second kappa shape index (κ2) is 6.85. The van der Waals surface area contributed by atoms with E-state index in [-0.39, 0.29) is 6.61 Å². The predicted octanol–water partition coefficient (Wildman–Crippen LogP) is 0.625. The third-order valence-corrected chi connectivity index (χ3v) is 2.71. The monoisotopic (exact) mass is 245 g/mol. The zero-order valence-electron chi connectivity index (χ0n) is 8.87. The van der Waals surface area contributed by atoms with E-state index in [2.05, 4.69) is 9.22 Å². The fraction of sp³-hybridized carbons (Fsp3) is 0.400. The Labute approximate surface area is 98.3 Å². The molecule has 0 fully saturated rings. The molecule has 2 unspecified atom stereocenters. The van der Waals surface area contributed by atoms with E-state index >= 15 is 0 Å². The van der Waals surface area contributed by atoms with Gasteiger partial charge < -0.3 is 15.9 Å². The van der Waals surface area contributed by atoms with E-state index in [0.29, 0.717) is 5.56 Å². The number of hydrogen-bond acceptors (Lipinski definition) is 6. The van der Waals surface area contributed by atoms with Crippen LogP contribution < -0.4 is 5.73 Å². The van der Waals surface area contributed by atoms with Gasteiger partial charge in [0, 0.05) is 4.90 Å². The van der Waals surface area contributed by atoms with E-state index in [4.69, 9.17) is 10.8 Å². The van der Waals surface area contributed by atoms with Gasteiger partial charge in [-0.1, -0.05) is 12.1 Å². The van der Waals surface area contributed by atoms with Crippen molar-refractivity contribution in [3.05, 3.63) is 29.8 Å². The van der Waals surface area contributed by atoms with Crippen molar-refractivity contribution in [1.29, 1.82) is 0 Å². The molecule has 1 aromatic rings. The van der Waals surface area contributed by atoms with Gasteiger partial charge in [-0.25, -0.2) is 4.89 Å². The highest BCUT2D eigenvalue weighted by atomic mass is 32.2. The van der Waals surface area contributed by atoms with Crippen LogP contribution >= 0.6 is 12.0 Å². The standard InChI is InChI=1S/C10H15NO4S/c1-14-15-16-8-4-2-7(3-5-8)10(13)9(11)6-12/h2-5,9-10,12-13H,6,11H2,1H3. The van der Waals surface area contributed by atoms with Crippen LogP contribution in [-0.2, 0) is 9.22 Å². The molecule has 0 radical (unpaired) electrons. The Morgan fingerprint density at radius 2 is 2.00 bits per heavy atom. The van der Waals surface area contributed by atoms with Crippen LogP contribution in [0.3, 0.4) is 0 Å². The zero-order chi connectivity index (χ0) is 12.0. The predicted molar refractivity (Wildman–Crippen MR) is 60.4 cm³/mol. The second-order valence-corrected chi connectivity index (χ2v) is 3.95. The molecule has 16 heavy (non-hydrogen) atoms. The smallest absolute Gasteiger partial charge is 0.0963 e. The molecule has 5 nitrogen and oxygen atoms in total. The molecule has 1 rings (SSSR count). The quantitative estimate of drug-likeness (QED) is 0.387. The molecule has 0 spiro atoms. The number of nitrogens with two attached hydrogens (primary N) is 1. The molecule has 0 heterocycles. The number of aliphatic hydroxyl groups excluding tert-OH is 2. The van der Waals surface area contributed by atoms with Crippen LogP contribution in [0, 0.1) is 0 Å². The van der Waals surface area contributed by atoms with Gasteiger partial charge in [0.15, 0.2) is 0 Å². The van der Waals surface area contributed by atoms with Crippen molar-refractivity contribution in [3.63, 3.8) is 0 Å². The van der Waals surface area contributed by atoms with Crippen molar-refractivity contribution >= 4 is 12.0 Å². The molecule has 2 atom stereocenters. The SMILES string of the molecule is COOSc1ccc(C(O)C(N)CO)cc1. The first-order chi connectivity index (χ1) is 7.69. The van der Waals surface area contributed by atoms with Gasteiger partial charge >= 0.3 is 0 Å². The van der Waals surface area contributed by atoms with Crippen LogP contribution in [0.15, 0.2) is 29.2 Å². The molecule has 4 N–H and O–H groups in total. The minimum atomic E-state index is -0.868. The molecule has 0 amide bonds. The third-order valence-electron chi connectivity index (χ3n) is 2.04. The van der Waals surface area contributed by atoms with Gasteiger partial charge in [0.1, 0.15) is 0 Å². The lowest BCUT2D eigenvalue weighted by atomic mass is 10.0. The molecule has 0 saturated carbocycles. The summed E-state index contributed by atoms with van der Waals surface area (Å²) in [6, 6.07) is 6.32. The highest BCUT2D eigenvalue weighted by molar-refractivity contribution is 7.94. The topological polar surface area (TPSA) is 84.9 Å². The fourth-order valence-electron chi connectivity index (χ4n) is 1.14. The first-order valence-corrected chi connectivity index (χ1v) is 5.45. The number of rotatable bonds is 6. The molecule has 6 heteroatoms. The average Bonchev–Trinajstić information content (AvgIpc) is 2.35. The van der Waals surface area contributed by atoms with Gasteiger partial charge in [-0.05, 0) is 17.7 Å². The Hall–Kier alpha value is -0.630. The Kier molecular flexibility index (Phi) is 5.75. The summed E-state index contributed by atoms with van der Waals surface area (Å²) in [6.45, 7) is -0.259. The maximum Gasteiger partial charge on any atom is 0.0963 e. The number of benzene rings is 1. The Bertz CT molecular complexity index is 306. The first kappa shape index (κ1) is 13.4. The van der Waals surface area contributed by atoms with Gasteiger partial charge in [-0.3, -0.25) is 0 Å². The van der Waals surface area contributed by atoms with Crippen LogP contribution in [0.25, 0.3) is 0 Å². The van der Waals surface area contributed by atoms with Crippen molar-refractivity contribution in [3.8, 4) is 0 Å². The molecule has 0 aliphatic heterocycles. The van der Waals surface area contributed by atoms with Crippen molar-refractivity contribution in [2.45, 2.75) is 17.0 Å². The molecule has 0 bridgehead atoms. The third kappa shape index (κ3) is 3.75. The molecule has 90 valence electrons. The summed E-state index contributed by atoms with van der Waals surface area (Å²) < 4.78 is 4.68.